The Labute approximate surface area is 106 Å². The smallest absolute Gasteiger partial charge is 1.00 e. The Morgan fingerprint density at radius 3 is 2.00 bits per heavy atom. The van der Waals surface area contributed by atoms with E-state index < -0.39 is 17.6 Å². The third kappa shape index (κ3) is 4.06. The minimum atomic E-state index is -4.43. The maximum Gasteiger partial charge on any atom is 2.00 e. The van der Waals surface area contributed by atoms with Crippen LogP contribution in [0.3, 0.4) is 0 Å². The van der Waals surface area contributed by atoms with Gasteiger partial charge in [-0.2, -0.15) is 25.7 Å². The molecule has 14 heavy (non-hydrogen) atoms. The van der Waals surface area contributed by atoms with Crippen molar-refractivity contribution in [2.75, 3.05) is 0 Å². The largest absolute Gasteiger partial charge is 2.00 e. The van der Waals surface area contributed by atoms with Crippen molar-refractivity contribution >= 4 is 23.1 Å². The van der Waals surface area contributed by atoms with Gasteiger partial charge in [0.25, 0.3) is 0 Å². The van der Waals surface area contributed by atoms with Crippen molar-refractivity contribution in [2.45, 2.75) is 6.18 Å². The molecule has 0 aliphatic carbocycles. The molecule has 6 heteroatoms. The van der Waals surface area contributed by atoms with E-state index in [9.17, 15) is 17.6 Å². The zero-order valence-electron chi connectivity index (χ0n) is 7.04. The number of hydrogen-bond acceptors (Lipinski definition) is 0. The van der Waals surface area contributed by atoms with Gasteiger partial charge < -0.3 is 17.0 Å². The van der Waals surface area contributed by atoms with Crippen LogP contribution in [0.15, 0.2) is 18.2 Å². The van der Waals surface area contributed by atoms with Crippen LogP contribution in [0.4, 0.5) is 17.6 Å². The van der Waals surface area contributed by atoms with Crippen LogP contribution < -0.4 is 17.0 Å². The molecule has 1 aromatic carbocycles. The Morgan fingerprint density at radius 2 is 1.64 bits per heavy atom. The summed E-state index contributed by atoms with van der Waals surface area (Å²) < 4.78 is 48.3. The number of hydrogen-bond donors (Lipinski definition) is 0. The zero-order chi connectivity index (χ0) is 9.35. The molecule has 0 atom stereocenters. The van der Waals surface area contributed by atoms with E-state index in [0.717, 1.165) is 6.07 Å². The molecule has 0 nitrogen and oxygen atoms in total. The second kappa shape index (κ2) is 5.82. The van der Waals surface area contributed by atoms with Crippen molar-refractivity contribution in [1.82, 2.24) is 0 Å². The number of halogens is 5. The summed E-state index contributed by atoms with van der Waals surface area (Å²) in [6.07, 6.45) is -4.43. The monoisotopic (exact) mass is 280 g/mol. The molecule has 0 bridgehead atoms. The van der Waals surface area contributed by atoms with Gasteiger partial charge in [-0.1, -0.05) is 12.1 Å². The third-order valence-electron chi connectivity index (χ3n) is 1.37. The molecule has 74 valence electrons. The average molecular weight is 281 g/mol. The van der Waals surface area contributed by atoms with Crippen molar-refractivity contribution in [3.63, 3.8) is 0 Å². The van der Waals surface area contributed by atoms with Crippen LogP contribution >= 0.6 is 0 Å². The van der Waals surface area contributed by atoms with Crippen LogP contribution in [0.2, 0.25) is 0 Å². The minimum Gasteiger partial charge on any atom is -1.00 e. The maximum absolute atomic E-state index is 12.5. The summed E-state index contributed by atoms with van der Waals surface area (Å²) in [5, 5.41) is 0. The standard InChI is InChI=1S/C8H5F4.BrH.Mg/c1-5-4-6(8(10,11)12)2-3-7(5)9;;/h2-4H,1H2;1H;/q-1;;+2/p-1. The molecular formula is C8H5BrF4Mg. The second-order valence-electron chi connectivity index (χ2n) is 2.30. The molecule has 0 spiro atoms. The van der Waals surface area contributed by atoms with E-state index in [-0.39, 0.29) is 45.6 Å². The molecule has 0 radical (unpaired) electrons. The Morgan fingerprint density at radius 1 is 1.14 bits per heavy atom. The SMILES string of the molecule is [Br-].[CH2-]c1cc(C(F)(F)F)ccc1F.[Mg+2]. The summed E-state index contributed by atoms with van der Waals surface area (Å²) in [4.78, 5) is 0. The summed E-state index contributed by atoms with van der Waals surface area (Å²) in [6.45, 7) is 3.12. The van der Waals surface area contributed by atoms with E-state index in [2.05, 4.69) is 6.92 Å². The van der Waals surface area contributed by atoms with E-state index in [1.807, 2.05) is 0 Å². The van der Waals surface area contributed by atoms with Crippen molar-refractivity contribution in [3.05, 3.63) is 42.1 Å². The van der Waals surface area contributed by atoms with Crippen LogP contribution in [-0.4, -0.2) is 23.1 Å². The quantitative estimate of drug-likeness (QED) is 0.346. The summed E-state index contributed by atoms with van der Waals surface area (Å²) in [6, 6.07) is 2.12. The molecule has 0 aliphatic rings. The fourth-order valence-corrected chi connectivity index (χ4v) is 0.751. The van der Waals surface area contributed by atoms with Gasteiger partial charge in [-0.3, -0.25) is 4.39 Å². The summed E-state index contributed by atoms with van der Waals surface area (Å²) >= 11 is 0. The normalized spacial score (nSPS) is 10.0. The van der Waals surface area contributed by atoms with Crippen molar-refractivity contribution < 1.29 is 34.5 Å². The van der Waals surface area contributed by atoms with Crippen LogP contribution in [0.5, 0.6) is 0 Å². The number of rotatable bonds is 0. The first kappa shape index (κ1) is 16.5. The summed E-state index contributed by atoms with van der Waals surface area (Å²) in [5.74, 6) is -0.733. The second-order valence-corrected chi connectivity index (χ2v) is 2.30. The number of alkyl halides is 3. The molecule has 0 fully saturated rings. The Balaban J connectivity index is 0. The number of benzene rings is 1. The van der Waals surface area contributed by atoms with Gasteiger partial charge in [-0.15, -0.1) is 6.07 Å². The van der Waals surface area contributed by atoms with Crippen LogP contribution in [-0.2, 0) is 6.18 Å². The van der Waals surface area contributed by atoms with Gasteiger partial charge in [-0.05, 0) is 5.56 Å². The van der Waals surface area contributed by atoms with Crippen LogP contribution in [0.1, 0.15) is 11.1 Å². The topological polar surface area (TPSA) is 0 Å². The van der Waals surface area contributed by atoms with Gasteiger partial charge >= 0.3 is 29.2 Å². The van der Waals surface area contributed by atoms with Gasteiger partial charge in [0.15, 0.2) is 0 Å². The molecule has 0 amide bonds. The molecule has 0 saturated heterocycles. The third-order valence-corrected chi connectivity index (χ3v) is 1.37. The van der Waals surface area contributed by atoms with Crippen LogP contribution in [0, 0.1) is 12.7 Å². The molecule has 0 N–H and O–H groups in total. The summed E-state index contributed by atoms with van der Waals surface area (Å²) in [5.41, 5.74) is -1.13. The predicted molar refractivity (Wildman–Crippen MR) is 41.6 cm³/mol. The first-order chi connectivity index (χ1) is 5.41. The predicted octanol–water partition coefficient (Wildman–Crippen LogP) is -0.350. The molecular weight excluding hydrogens is 276 g/mol. The van der Waals surface area contributed by atoms with Crippen molar-refractivity contribution in [2.24, 2.45) is 0 Å². The molecule has 1 aromatic rings. The Bertz CT molecular complexity index is 298. The molecule has 0 aromatic heterocycles. The van der Waals surface area contributed by atoms with E-state index in [1.54, 1.807) is 0 Å². The fraction of sp³-hybridized carbons (Fsp3) is 0.125. The van der Waals surface area contributed by atoms with Gasteiger partial charge in [0.1, 0.15) is 0 Å². The fourth-order valence-electron chi connectivity index (χ4n) is 0.751. The van der Waals surface area contributed by atoms with Gasteiger partial charge in [0.05, 0.1) is 0 Å². The zero-order valence-corrected chi connectivity index (χ0v) is 10.0. The maximum atomic E-state index is 12.5. The first-order valence-corrected chi connectivity index (χ1v) is 3.10. The average Bonchev–Trinajstić information content (AvgIpc) is 1.92. The molecule has 1 rings (SSSR count). The molecule has 0 unspecified atom stereocenters. The van der Waals surface area contributed by atoms with Crippen LogP contribution in [0.25, 0.3) is 0 Å². The Hall–Kier alpha value is 0.0562. The minimum absolute atomic E-state index is 0. The first-order valence-electron chi connectivity index (χ1n) is 3.10. The van der Waals surface area contributed by atoms with Crippen molar-refractivity contribution in [3.8, 4) is 0 Å². The summed E-state index contributed by atoms with van der Waals surface area (Å²) in [7, 11) is 0. The van der Waals surface area contributed by atoms with E-state index in [4.69, 9.17) is 0 Å². The van der Waals surface area contributed by atoms with Gasteiger partial charge in [-0.25, -0.2) is 0 Å². The molecule has 0 aliphatic heterocycles. The van der Waals surface area contributed by atoms with Crippen molar-refractivity contribution in [1.29, 1.82) is 0 Å². The van der Waals surface area contributed by atoms with E-state index in [1.165, 1.54) is 0 Å². The Kier molecular flexibility index (Phi) is 6.85. The molecule has 0 saturated carbocycles. The van der Waals surface area contributed by atoms with E-state index in [0.29, 0.717) is 12.1 Å². The van der Waals surface area contributed by atoms with Gasteiger partial charge in [0, 0.05) is 5.82 Å². The van der Waals surface area contributed by atoms with E-state index >= 15 is 0 Å². The molecule has 0 heterocycles. The van der Waals surface area contributed by atoms with Gasteiger partial charge in [0.2, 0.25) is 0 Å².